The number of rotatable bonds is 4. The smallest absolute Gasteiger partial charge is 0.257 e. The Balaban J connectivity index is 1.60. The first kappa shape index (κ1) is 19.2. The van der Waals surface area contributed by atoms with Crippen molar-refractivity contribution in [1.29, 1.82) is 0 Å². The zero-order chi connectivity index (χ0) is 20.4. The summed E-state index contributed by atoms with van der Waals surface area (Å²) in [6, 6.07) is 4.19. The first-order valence-electron chi connectivity index (χ1n) is 10.1. The highest BCUT2D eigenvalue weighted by Gasteiger charge is 2.29. The zero-order valence-corrected chi connectivity index (χ0v) is 17.1. The first-order valence-corrected chi connectivity index (χ1v) is 10.1. The van der Waals surface area contributed by atoms with Crippen molar-refractivity contribution in [2.75, 3.05) is 13.1 Å². The number of hydrogen-bond donors (Lipinski definition) is 0. The topological polar surface area (TPSA) is 76.8 Å². The molecular formula is C22H26N6O. The van der Waals surface area contributed by atoms with E-state index in [9.17, 15) is 4.79 Å². The van der Waals surface area contributed by atoms with Gasteiger partial charge in [0.25, 0.3) is 5.91 Å². The Morgan fingerprint density at radius 3 is 2.72 bits per heavy atom. The molecule has 29 heavy (non-hydrogen) atoms. The van der Waals surface area contributed by atoms with Crippen LogP contribution in [0.1, 0.15) is 60.5 Å². The summed E-state index contributed by atoms with van der Waals surface area (Å²) in [5.74, 6) is 0.968. The Morgan fingerprint density at radius 1 is 1.21 bits per heavy atom. The fraction of sp³-hybridized carbons (Fsp3) is 0.409. The molecule has 0 radical (unpaired) electrons. The van der Waals surface area contributed by atoms with Gasteiger partial charge in [0.2, 0.25) is 0 Å². The minimum absolute atomic E-state index is 0.0397. The van der Waals surface area contributed by atoms with Crippen LogP contribution in [0.5, 0.6) is 0 Å². The van der Waals surface area contributed by atoms with E-state index in [1.165, 1.54) is 0 Å². The van der Waals surface area contributed by atoms with Crippen LogP contribution in [0.4, 0.5) is 0 Å². The van der Waals surface area contributed by atoms with Gasteiger partial charge in [-0.3, -0.25) is 14.5 Å². The molecule has 4 rings (SSSR count). The van der Waals surface area contributed by atoms with E-state index in [-0.39, 0.29) is 17.9 Å². The molecule has 0 N–H and O–H groups in total. The van der Waals surface area contributed by atoms with Crippen molar-refractivity contribution in [1.82, 2.24) is 29.6 Å². The lowest BCUT2D eigenvalue weighted by Gasteiger charge is -2.33. The number of aromatic nitrogens is 5. The number of carbonyl (C=O) groups is 1. The van der Waals surface area contributed by atoms with Gasteiger partial charge >= 0.3 is 0 Å². The SMILES string of the molecule is Cc1ncc(-c2ccncc2)c(C2CCCN(C(=O)c3cnn(C(C)C)c3)C2)n1. The van der Waals surface area contributed by atoms with Crippen LogP contribution in [0, 0.1) is 6.92 Å². The van der Waals surface area contributed by atoms with Crippen molar-refractivity contribution < 1.29 is 4.79 Å². The Kier molecular flexibility index (Phi) is 5.38. The van der Waals surface area contributed by atoms with Crippen molar-refractivity contribution in [3.05, 3.63) is 60.2 Å². The molecule has 1 fully saturated rings. The third kappa shape index (κ3) is 4.04. The summed E-state index contributed by atoms with van der Waals surface area (Å²) >= 11 is 0. The van der Waals surface area contributed by atoms with Gasteiger partial charge in [-0.25, -0.2) is 9.97 Å². The van der Waals surface area contributed by atoms with Crippen LogP contribution in [-0.4, -0.2) is 48.6 Å². The lowest BCUT2D eigenvalue weighted by Crippen LogP contribution is -2.39. The highest BCUT2D eigenvalue weighted by molar-refractivity contribution is 5.93. The summed E-state index contributed by atoms with van der Waals surface area (Å²) in [5.41, 5.74) is 3.73. The minimum atomic E-state index is 0.0397. The maximum atomic E-state index is 13.1. The number of nitrogens with zero attached hydrogens (tertiary/aromatic N) is 6. The monoisotopic (exact) mass is 390 g/mol. The summed E-state index contributed by atoms with van der Waals surface area (Å²) < 4.78 is 1.82. The van der Waals surface area contributed by atoms with E-state index >= 15 is 0 Å². The Morgan fingerprint density at radius 2 is 2.00 bits per heavy atom. The standard InChI is InChI=1S/C22H26N6O/c1-15(2)28-14-19(11-25-28)22(29)27-10-4-5-18(13-27)21-20(12-24-16(3)26-21)17-6-8-23-9-7-17/h6-9,11-12,14-15,18H,4-5,10,13H2,1-3H3. The fourth-order valence-electron chi connectivity index (χ4n) is 3.85. The summed E-state index contributed by atoms with van der Waals surface area (Å²) in [6.45, 7) is 7.43. The van der Waals surface area contributed by atoms with Crippen LogP contribution in [0.15, 0.2) is 43.1 Å². The summed E-state index contributed by atoms with van der Waals surface area (Å²) in [5, 5.41) is 4.32. The van der Waals surface area contributed by atoms with Crippen molar-refractivity contribution in [3.8, 4) is 11.1 Å². The number of carbonyl (C=O) groups excluding carboxylic acids is 1. The second-order valence-corrected chi connectivity index (χ2v) is 7.85. The van der Waals surface area contributed by atoms with Crippen LogP contribution in [0.3, 0.4) is 0 Å². The van der Waals surface area contributed by atoms with E-state index in [2.05, 4.69) is 28.9 Å². The molecule has 7 heteroatoms. The maximum absolute atomic E-state index is 13.1. The Hall–Kier alpha value is -3.09. The minimum Gasteiger partial charge on any atom is -0.338 e. The van der Waals surface area contributed by atoms with E-state index < -0.39 is 0 Å². The third-order valence-electron chi connectivity index (χ3n) is 5.40. The highest BCUT2D eigenvalue weighted by atomic mass is 16.2. The van der Waals surface area contributed by atoms with Gasteiger partial charge in [0, 0.05) is 55.4 Å². The first-order chi connectivity index (χ1) is 14.0. The average molecular weight is 390 g/mol. The van der Waals surface area contributed by atoms with Crippen LogP contribution < -0.4 is 0 Å². The van der Waals surface area contributed by atoms with Crippen molar-refractivity contribution in [3.63, 3.8) is 0 Å². The molecule has 0 saturated carbocycles. The molecular weight excluding hydrogens is 364 g/mol. The van der Waals surface area contributed by atoms with Crippen LogP contribution in [0.2, 0.25) is 0 Å². The van der Waals surface area contributed by atoms with Crippen LogP contribution >= 0.6 is 0 Å². The van der Waals surface area contributed by atoms with Gasteiger partial charge in [-0.15, -0.1) is 0 Å². The lowest BCUT2D eigenvalue weighted by atomic mass is 9.90. The van der Waals surface area contributed by atoms with E-state index in [4.69, 9.17) is 4.98 Å². The molecule has 1 aliphatic heterocycles. The second-order valence-electron chi connectivity index (χ2n) is 7.85. The van der Waals surface area contributed by atoms with E-state index in [0.717, 1.165) is 42.0 Å². The van der Waals surface area contributed by atoms with Crippen LogP contribution in [0.25, 0.3) is 11.1 Å². The molecule has 1 aliphatic rings. The van der Waals surface area contributed by atoms with Gasteiger partial charge in [-0.05, 0) is 51.3 Å². The number of hydrogen-bond acceptors (Lipinski definition) is 5. The second kappa shape index (κ2) is 8.11. The number of pyridine rings is 1. The largest absolute Gasteiger partial charge is 0.338 e. The van der Waals surface area contributed by atoms with E-state index in [1.54, 1.807) is 18.6 Å². The fourth-order valence-corrected chi connectivity index (χ4v) is 3.85. The summed E-state index contributed by atoms with van der Waals surface area (Å²) in [4.78, 5) is 28.3. The van der Waals surface area contributed by atoms with Gasteiger partial charge < -0.3 is 4.90 Å². The Bertz CT molecular complexity index is 998. The Labute approximate surface area is 170 Å². The lowest BCUT2D eigenvalue weighted by molar-refractivity contribution is 0.0706. The predicted molar refractivity (Wildman–Crippen MR) is 110 cm³/mol. The zero-order valence-electron chi connectivity index (χ0n) is 17.1. The van der Waals surface area contributed by atoms with E-state index in [0.29, 0.717) is 12.1 Å². The molecule has 0 spiro atoms. The molecule has 1 atom stereocenters. The molecule has 0 aliphatic carbocycles. The molecule has 3 aromatic heterocycles. The molecule has 0 bridgehead atoms. The molecule has 150 valence electrons. The van der Waals surface area contributed by atoms with Gasteiger partial charge in [0.15, 0.2) is 0 Å². The molecule has 1 saturated heterocycles. The van der Waals surface area contributed by atoms with Gasteiger partial charge in [0.1, 0.15) is 5.82 Å². The molecule has 4 heterocycles. The molecule has 1 unspecified atom stereocenters. The number of piperidine rings is 1. The highest BCUT2D eigenvalue weighted by Crippen LogP contribution is 2.33. The van der Waals surface area contributed by atoms with E-state index in [1.807, 2.05) is 41.0 Å². The number of amides is 1. The van der Waals surface area contributed by atoms with Crippen molar-refractivity contribution in [2.45, 2.75) is 45.6 Å². The quantitative estimate of drug-likeness (QED) is 0.680. The third-order valence-corrected chi connectivity index (χ3v) is 5.40. The van der Waals surface area contributed by atoms with Gasteiger partial charge in [-0.2, -0.15) is 5.10 Å². The van der Waals surface area contributed by atoms with Gasteiger partial charge in [0.05, 0.1) is 17.5 Å². The number of likely N-dealkylation sites (tertiary alicyclic amines) is 1. The van der Waals surface area contributed by atoms with Gasteiger partial charge in [-0.1, -0.05) is 0 Å². The van der Waals surface area contributed by atoms with Crippen molar-refractivity contribution >= 4 is 5.91 Å². The molecule has 3 aromatic rings. The molecule has 0 aromatic carbocycles. The molecule has 7 nitrogen and oxygen atoms in total. The van der Waals surface area contributed by atoms with Crippen molar-refractivity contribution in [2.24, 2.45) is 0 Å². The normalized spacial score (nSPS) is 17.0. The van der Waals surface area contributed by atoms with Crippen LogP contribution in [-0.2, 0) is 0 Å². The summed E-state index contributed by atoms with van der Waals surface area (Å²) in [6.07, 6.45) is 10.9. The number of aryl methyl sites for hydroxylation is 1. The predicted octanol–water partition coefficient (Wildman–Crippen LogP) is 3.64. The molecule has 1 amide bonds. The average Bonchev–Trinajstić information content (AvgIpc) is 3.24. The maximum Gasteiger partial charge on any atom is 0.257 e. The summed E-state index contributed by atoms with van der Waals surface area (Å²) in [7, 11) is 0.